The highest BCUT2D eigenvalue weighted by Crippen LogP contribution is 2.42. The third kappa shape index (κ3) is 36.8. The summed E-state index contributed by atoms with van der Waals surface area (Å²) >= 11 is 54.3. The number of aromatic carboxylic acids is 1. The molecule has 42 nitrogen and oxygen atoms in total. The quantitative estimate of drug-likeness (QED) is 0.0146. The van der Waals surface area contributed by atoms with Gasteiger partial charge in [-0.15, -0.1) is 0 Å². The number of benzene rings is 9. The predicted octanol–water partition coefficient (Wildman–Crippen LogP) is 19.9. The van der Waals surface area contributed by atoms with Crippen LogP contribution in [0.15, 0.2) is 197 Å². The summed E-state index contributed by atoms with van der Waals surface area (Å²) in [7, 11) is -1.45. The van der Waals surface area contributed by atoms with Crippen LogP contribution in [0.5, 0.6) is 34.5 Å². The second kappa shape index (κ2) is 53.7. The minimum Gasteiger partial charge on any atom is -0.506 e. The number of aliphatic hydroxyl groups is 1. The van der Waals surface area contributed by atoms with Crippen molar-refractivity contribution >= 4 is 241 Å². The van der Waals surface area contributed by atoms with Crippen LogP contribution in [0.4, 0.5) is 39.2 Å². The summed E-state index contributed by atoms with van der Waals surface area (Å²) in [4.78, 5) is 106. The minimum atomic E-state index is -3.87. The van der Waals surface area contributed by atoms with E-state index in [0.29, 0.717) is 88.2 Å². The first-order chi connectivity index (χ1) is 63.0. The van der Waals surface area contributed by atoms with Gasteiger partial charge < -0.3 is 66.3 Å². The van der Waals surface area contributed by atoms with Crippen molar-refractivity contribution < 1.29 is 102 Å². The SMILES string of the molecule is CC(C)(C)C(O)C(Cc1ccc(Cl)cc1Cl)n1cncn1.CC(C)(C)c1cc([N+](=O)[O-])cc([N+](=O)[O-])c1O.COC(=O)NS(=O)(=O)c1ccc(N)cc1.COc1c(Cl)ccc(Cl)c1C(=O)O.N#Cc1cc(Br)c(O)c(Br)c1.Nc1ncn[nH]1.O=C(O)COc1ccc(Cl)cc1Cl.O=C(O)Cn1c(=O)sc2cccc(Cl)c21.O=[N+]([O-])c1ccc(ON=Cc2cc(Br)c(O)c(Br)c2)c([N+](=O)[O-])c1. The number of aromatic amines is 1. The number of nitrogens with zero attached hydrogens (tertiary/aromatic N) is 12. The fourth-order valence-corrected chi connectivity index (χ4v) is 16.0. The first-order valence-electron chi connectivity index (χ1n) is 36.6. The fraction of sp³-hybridized carbons (Fsp3) is 0.188. The Kier molecular flexibility index (Phi) is 45.7. The molecule has 12 rings (SSSR count). The van der Waals surface area contributed by atoms with Crippen LogP contribution in [0.25, 0.3) is 10.2 Å². The maximum atomic E-state index is 11.5. The molecule has 12 aromatic rings. The zero-order chi connectivity index (χ0) is 102. The molecule has 13 N–H and O–H groups in total. The average molecular weight is 2310 g/mol. The summed E-state index contributed by atoms with van der Waals surface area (Å²) in [6, 6.07) is 36.2. The number of carboxylic acids is 3. The van der Waals surface area contributed by atoms with Gasteiger partial charge in [0, 0.05) is 38.5 Å². The highest BCUT2D eigenvalue weighted by molar-refractivity contribution is 9.11. The Bertz CT molecular complexity index is 6460. The number of phenolic OH excluding ortho intramolecular Hbond substituents is 3. The monoisotopic (exact) mass is 2300 g/mol. The number of non-ortho nitro benzene ring substituents is 2. The highest BCUT2D eigenvalue weighted by atomic mass is 79.9. The number of aromatic hydroxyl groups is 3. The van der Waals surface area contributed by atoms with E-state index >= 15 is 0 Å². The van der Waals surface area contributed by atoms with E-state index < -0.39 is 100 Å². The van der Waals surface area contributed by atoms with E-state index in [9.17, 15) is 93.3 Å². The summed E-state index contributed by atoms with van der Waals surface area (Å²) in [5.74, 6) is -3.15. The van der Waals surface area contributed by atoms with Crippen LogP contribution in [0.2, 0.25) is 35.2 Å². The van der Waals surface area contributed by atoms with Gasteiger partial charge in [0.15, 0.2) is 18.1 Å². The number of amides is 1. The Morgan fingerprint density at radius 1 is 0.674 bits per heavy atom. The molecule has 3 aromatic heterocycles. The summed E-state index contributed by atoms with van der Waals surface area (Å²) in [5, 5.41) is 133. The van der Waals surface area contributed by atoms with Crippen molar-refractivity contribution in [3.63, 3.8) is 0 Å². The molecule has 718 valence electrons. The van der Waals surface area contributed by atoms with E-state index in [4.69, 9.17) is 128 Å². The lowest BCUT2D eigenvalue weighted by Gasteiger charge is -2.33. The maximum Gasteiger partial charge on any atom is 0.420 e. The first-order valence-corrected chi connectivity index (χ1v) is 44.7. The number of nitrogens with one attached hydrogen (secondary N) is 2. The van der Waals surface area contributed by atoms with Gasteiger partial charge in [-0.2, -0.15) is 15.5 Å². The standard InChI is InChI=1S/C15H19Cl2N3O.C13H7Br2N3O6.C10H12N2O5.C9H6ClNO3S.2C8H6Cl2O3.C8H10N2O4S.C7H3Br2NO.C2H4N4/c1-15(2,3)14(21)13(20-9-18-8-19-20)6-10-4-5-11(16)7-12(10)17;14-9-3-7(4-10(15)13(9)19)6-16-24-12-2-1-8(17(20)21)5-11(12)18(22)23;1-10(2,3)7-4-6(11(14)15)5-8(9(7)13)12(16)17;10-5-2-1-3-6-8(5)11(4-7(12)13)9(14)15-6;1-13-7-5(10)3-2-4(9)6(7)8(11)12;9-5-1-2-7(6(10)3-5)13-4-8(11)12;1-14-8(11)10-15(12,13)7-4-2-6(9)3-5-7;8-5-1-4(3-10)2-6(9)7(5)11;3-2-4-1-5-6-2/h4-5,7-9,13-14,21H,6H2,1-3H3;1-6,19H;4-5,13H,1-3H3;1-3H,4H2,(H,12,13);2-3H,1H3,(H,11,12);1-3H,4H2,(H,11,12);2-5H,9H2,1H3,(H,10,11);1-2,11H;1H,(H3,3,4,5,6). The van der Waals surface area contributed by atoms with Crippen molar-refractivity contribution in [3.8, 4) is 40.6 Å². The molecule has 0 saturated heterocycles. The zero-order valence-corrected chi connectivity index (χ0v) is 83.6. The number of oxime groups is 1. The van der Waals surface area contributed by atoms with Gasteiger partial charge in [0.1, 0.15) is 48.3 Å². The van der Waals surface area contributed by atoms with Crippen LogP contribution in [-0.2, 0) is 42.7 Å². The number of hydrogen-bond donors (Lipinski definition) is 11. The Balaban J connectivity index is 0.000000323. The Morgan fingerprint density at radius 2 is 1.23 bits per heavy atom. The molecule has 2 unspecified atom stereocenters. The third-order valence-corrected chi connectivity index (χ3v) is 23.1. The fourth-order valence-electron chi connectivity index (χ4n) is 10.0. The molecule has 9 aromatic carbocycles. The van der Waals surface area contributed by atoms with Crippen LogP contribution in [-0.4, -0.2) is 156 Å². The van der Waals surface area contributed by atoms with E-state index in [1.54, 1.807) is 97.2 Å². The number of carboxylic acid groups (broad SMARTS) is 3. The second-order valence-electron chi connectivity index (χ2n) is 28.0. The summed E-state index contributed by atoms with van der Waals surface area (Å²) < 4.78 is 43.9. The minimum absolute atomic E-state index is 0.0130. The number of thiazole rings is 1. The van der Waals surface area contributed by atoms with E-state index in [0.717, 1.165) is 54.3 Å². The third-order valence-electron chi connectivity index (χ3n) is 16.3. The number of phenols is 3. The average Bonchev–Trinajstić information content (AvgIpc) is 1.70. The summed E-state index contributed by atoms with van der Waals surface area (Å²) in [6.07, 6.45) is 4.63. The summed E-state index contributed by atoms with van der Waals surface area (Å²) in [5.41, 5.74) is 10.4. The maximum absolute atomic E-state index is 11.5. The number of aliphatic hydroxyl groups excluding tert-OH is 1. The zero-order valence-electron chi connectivity index (χ0n) is 70.3. The molecular formula is C80H73Br4Cl7N16O26S2. The van der Waals surface area contributed by atoms with Crippen molar-refractivity contribution in [2.45, 2.75) is 77.0 Å². The number of para-hydroxylation sites is 1. The number of anilines is 2. The molecule has 0 spiro atoms. The number of aromatic nitrogens is 7. The molecule has 3 heterocycles. The topological polar surface area (TPSA) is 648 Å². The Hall–Kier alpha value is -12.4. The molecule has 0 saturated carbocycles. The van der Waals surface area contributed by atoms with Crippen molar-refractivity contribution in [2.75, 3.05) is 32.3 Å². The van der Waals surface area contributed by atoms with E-state index in [1.807, 2.05) is 32.9 Å². The van der Waals surface area contributed by atoms with Gasteiger partial charge in [-0.1, -0.05) is 151 Å². The van der Waals surface area contributed by atoms with Gasteiger partial charge in [0.2, 0.25) is 11.7 Å². The smallest absolute Gasteiger partial charge is 0.420 e. The number of nitro benzene ring substituents is 4. The van der Waals surface area contributed by atoms with Crippen LogP contribution in [0, 0.1) is 57.2 Å². The van der Waals surface area contributed by atoms with Crippen molar-refractivity contribution in [3.05, 3.63) is 296 Å². The number of carbonyl (C=O) groups is 4. The van der Waals surface area contributed by atoms with Gasteiger partial charge in [-0.05, 0) is 201 Å². The number of halogens is 11. The Morgan fingerprint density at radius 3 is 1.69 bits per heavy atom. The number of methoxy groups -OCH3 is 2. The number of fused-ring (bicyclic) bond motifs is 1. The lowest BCUT2D eigenvalue weighted by molar-refractivity contribution is -0.395. The number of nitriles is 1. The molecule has 2 atom stereocenters. The number of nitrogens with two attached hydrogens (primary N) is 2. The molecule has 0 radical (unpaired) electrons. The first kappa shape index (κ1) is 115. The molecule has 0 aliphatic rings. The predicted molar refractivity (Wildman–Crippen MR) is 517 cm³/mol. The van der Waals surface area contributed by atoms with Gasteiger partial charge in [-0.25, -0.2) is 47.3 Å². The highest BCUT2D eigenvalue weighted by Gasteiger charge is 2.34. The number of nitrogen functional groups attached to an aromatic ring is 2. The van der Waals surface area contributed by atoms with E-state index in [-0.39, 0.29) is 71.9 Å². The normalized spacial score (nSPS) is 11.0. The van der Waals surface area contributed by atoms with Gasteiger partial charge in [0.25, 0.3) is 21.4 Å². The van der Waals surface area contributed by atoms with Gasteiger partial charge >= 0.3 is 40.2 Å². The van der Waals surface area contributed by atoms with Crippen molar-refractivity contribution in [1.29, 1.82) is 5.26 Å². The molecule has 55 heteroatoms. The largest absolute Gasteiger partial charge is 0.506 e. The number of H-pyrrole nitrogens is 1. The van der Waals surface area contributed by atoms with Crippen LogP contribution >= 0.6 is 156 Å². The molecule has 0 fully saturated rings. The van der Waals surface area contributed by atoms with Crippen molar-refractivity contribution in [1.82, 2.24) is 39.2 Å². The lowest BCUT2D eigenvalue weighted by atomic mass is 9.82. The number of hydrogen-bond acceptors (Lipinski definition) is 32. The number of carbonyl (C=O) groups excluding carboxylic acids is 1. The molecule has 135 heavy (non-hydrogen) atoms. The molecular weight excluding hydrogens is 2230 g/mol. The van der Waals surface area contributed by atoms with Gasteiger partial charge in [0.05, 0.1) is 129 Å². The van der Waals surface area contributed by atoms with Crippen LogP contribution < -0.4 is 35.4 Å². The van der Waals surface area contributed by atoms with Crippen LogP contribution in [0.1, 0.15) is 80.2 Å². The van der Waals surface area contributed by atoms with E-state index in [1.165, 1.54) is 79.1 Å². The number of ether oxygens (including phenoxy) is 3. The van der Waals surface area contributed by atoms with Crippen LogP contribution in [0.3, 0.4) is 0 Å². The number of aliphatic carboxylic acids is 2. The van der Waals surface area contributed by atoms with Gasteiger partial charge in [-0.3, -0.25) is 54.6 Å². The number of rotatable bonds is 20. The number of nitro groups is 4. The summed E-state index contributed by atoms with van der Waals surface area (Å²) in [6.45, 7) is 10.3. The lowest BCUT2D eigenvalue weighted by Crippen LogP contribution is -2.37. The van der Waals surface area contributed by atoms with E-state index in [2.05, 4.69) is 98.9 Å². The molecule has 0 aliphatic carbocycles. The molecule has 0 bridgehead atoms. The Labute approximate surface area is 836 Å². The molecule has 0 aliphatic heterocycles. The second-order valence-corrected chi connectivity index (χ2v) is 37.0. The van der Waals surface area contributed by atoms with Crippen molar-refractivity contribution in [2.24, 2.45) is 10.6 Å². The number of sulfonamides is 1. The molecule has 1 amide bonds.